The molecule has 4 heteroatoms. The molecule has 0 fully saturated rings. The van der Waals surface area contributed by atoms with E-state index in [1.165, 1.54) is 6.07 Å². The van der Waals surface area contributed by atoms with Gasteiger partial charge in [0, 0.05) is 18.7 Å². The van der Waals surface area contributed by atoms with Crippen LogP contribution in [0.3, 0.4) is 0 Å². The molecular formula is C14H21FN2O. The van der Waals surface area contributed by atoms with Crippen molar-refractivity contribution in [3.05, 3.63) is 35.6 Å². The fourth-order valence-corrected chi connectivity index (χ4v) is 1.62. The Kier molecular flexibility index (Phi) is 7.03. The lowest BCUT2D eigenvalue weighted by atomic mass is 10.2. The first-order valence-electron chi connectivity index (χ1n) is 6.45. The molecule has 1 aromatic rings. The van der Waals surface area contributed by atoms with Crippen LogP contribution in [0, 0.1) is 5.82 Å². The molecule has 1 amide bonds. The van der Waals surface area contributed by atoms with E-state index in [0.29, 0.717) is 18.7 Å². The van der Waals surface area contributed by atoms with Crippen LogP contribution >= 0.6 is 0 Å². The van der Waals surface area contributed by atoms with Gasteiger partial charge in [-0.25, -0.2) is 4.39 Å². The number of unbranched alkanes of at least 4 members (excludes halogenated alkanes) is 2. The van der Waals surface area contributed by atoms with Crippen molar-refractivity contribution in [1.29, 1.82) is 0 Å². The van der Waals surface area contributed by atoms with E-state index in [9.17, 15) is 9.18 Å². The predicted octanol–water partition coefficient (Wildman–Crippen LogP) is 2.22. The summed E-state index contributed by atoms with van der Waals surface area (Å²) >= 11 is 0. The number of hydrogen-bond acceptors (Lipinski definition) is 2. The van der Waals surface area contributed by atoms with Gasteiger partial charge < -0.3 is 10.6 Å². The first-order chi connectivity index (χ1) is 8.74. The predicted molar refractivity (Wildman–Crippen MR) is 70.6 cm³/mol. The van der Waals surface area contributed by atoms with Crippen molar-refractivity contribution in [2.45, 2.75) is 32.7 Å². The van der Waals surface area contributed by atoms with Crippen molar-refractivity contribution in [1.82, 2.24) is 10.6 Å². The fourth-order valence-electron chi connectivity index (χ4n) is 1.62. The molecule has 3 nitrogen and oxygen atoms in total. The molecule has 18 heavy (non-hydrogen) atoms. The Hall–Kier alpha value is -1.42. The van der Waals surface area contributed by atoms with Gasteiger partial charge in [-0.15, -0.1) is 0 Å². The molecule has 0 aliphatic rings. The van der Waals surface area contributed by atoms with E-state index in [1.807, 2.05) is 0 Å². The monoisotopic (exact) mass is 252 g/mol. The molecule has 2 N–H and O–H groups in total. The Balaban J connectivity index is 2.14. The lowest BCUT2D eigenvalue weighted by Gasteiger charge is -2.07. The van der Waals surface area contributed by atoms with E-state index in [4.69, 9.17) is 0 Å². The van der Waals surface area contributed by atoms with Crippen LogP contribution in [0.4, 0.5) is 4.39 Å². The van der Waals surface area contributed by atoms with Crippen LogP contribution in [0.5, 0.6) is 0 Å². The molecule has 0 saturated carbocycles. The maximum absolute atomic E-state index is 13.3. The number of rotatable bonds is 8. The number of benzene rings is 1. The molecule has 0 heterocycles. The summed E-state index contributed by atoms with van der Waals surface area (Å²) in [6.45, 7) is 3.43. The van der Waals surface area contributed by atoms with E-state index >= 15 is 0 Å². The lowest BCUT2D eigenvalue weighted by Crippen LogP contribution is -2.34. The zero-order valence-electron chi connectivity index (χ0n) is 10.8. The van der Waals surface area contributed by atoms with Crippen LogP contribution < -0.4 is 10.6 Å². The van der Waals surface area contributed by atoms with Gasteiger partial charge in [0.15, 0.2) is 0 Å². The number of hydrogen-bond donors (Lipinski definition) is 2. The first kappa shape index (κ1) is 14.6. The number of nitrogens with one attached hydrogen (secondary N) is 2. The minimum Gasteiger partial charge on any atom is -0.355 e. The summed E-state index contributed by atoms with van der Waals surface area (Å²) in [6.07, 6.45) is 3.28. The first-order valence-corrected chi connectivity index (χ1v) is 6.45. The molecule has 0 bridgehead atoms. The second kappa shape index (κ2) is 8.64. The highest BCUT2D eigenvalue weighted by molar-refractivity contribution is 5.77. The fraction of sp³-hybridized carbons (Fsp3) is 0.500. The summed E-state index contributed by atoms with van der Waals surface area (Å²) in [4.78, 5) is 11.4. The van der Waals surface area contributed by atoms with Gasteiger partial charge in [-0.2, -0.15) is 0 Å². The second-order valence-corrected chi connectivity index (χ2v) is 4.25. The van der Waals surface area contributed by atoms with Crippen LogP contribution in [0.15, 0.2) is 24.3 Å². The van der Waals surface area contributed by atoms with E-state index in [2.05, 4.69) is 17.6 Å². The molecule has 1 rings (SSSR count). The van der Waals surface area contributed by atoms with Crippen molar-refractivity contribution < 1.29 is 9.18 Å². The molecule has 0 saturated heterocycles. The molecule has 0 radical (unpaired) electrons. The lowest BCUT2D eigenvalue weighted by molar-refractivity contribution is -0.120. The number of carbonyl (C=O) groups is 1. The SMILES string of the molecule is CCCCCNC(=O)CNCc1ccccc1F. The molecule has 0 aliphatic heterocycles. The van der Waals surface area contributed by atoms with Crippen LogP contribution in [-0.2, 0) is 11.3 Å². The summed E-state index contributed by atoms with van der Waals surface area (Å²) in [5.74, 6) is -0.282. The summed E-state index contributed by atoms with van der Waals surface area (Å²) < 4.78 is 13.3. The Morgan fingerprint density at radius 3 is 2.78 bits per heavy atom. The summed E-state index contributed by atoms with van der Waals surface area (Å²) in [5.41, 5.74) is 0.580. The molecule has 0 unspecified atom stereocenters. The van der Waals surface area contributed by atoms with Gasteiger partial charge in [-0.1, -0.05) is 38.0 Å². The highest BCUT2D eigenvalue weighted by Gasteiger charge is 2.02. The van der Waals surface area contributed by atoms with Crippen molar-refractivity contribution in [2.24, 2.45) is 0 Å². The van der Waals surface area contributed by atoms with E-state index < -0.39 is 0 Å². The van der Waals surface area contributed by atoms with Gasteiger partial charge >= 0.3 is 0 Å². The van der Waals surface area contributed by atoms with E-state index in [1.54, 1.807) is 18.2 Å². The molecule has 0 atom stereocenters. The molecule has 0 aliphatic carbocycles. The Morgan fingerprint density at radius 2 is 2.06 bits per heavy atom. The number of amides is 1. The maximum Gasteiger partial charge on any atom is 0.233 e. The zero-order chi connectivity index (χ0) is 13.2. The summed E-state index contributed by atoms with van der Waals surface area (Å²) in [5, 5.41) is 5.75. The second-order valence-electron chi connectivity index (χ2n) is 4.25. The van der Waals surface area contributed by atoms with Crippen molar-refractivity contribution in [3.8, 4) is 0 Å². The van der Waals surface area contributed by atoms with Crippen molar-refractivity contribution in [3.63, 3.8) is 0 Å². The van der Waals surface area contributed by atoms with Crippen LogP contribution in [0.2, 0.25) is 0 Å². The minimum absolute atomic E-state index is 0.0394. The van der Waals surface area contributed by atoms with Gasteiger partial charge in [0.25, 0.3) is 0 Å². The highest BCUT2D eigenvalue weighted by atomic mass is 19.1. The Morgan fingerprint density at radius 1 is 1.28 bits per heavy atom. The molecule has 0 spiro atoms. The quantitative estimate of drug-likeness (QED) is 0.697. The van der Waals surface area contributed by atoms with Gasteiger partial charge in [0.1, 0.15) is 5.82 Å². The van der Waals surface area contributed by atoms with Crippen LogP contribution in [0.1, 0.15) is 31.7 Å². The third-order valence-corrected chi connectivity index (χ3v) is 2.66. The average Bonchev–Trinajstić information content (AvgIpc) is 2.37. The third-order valence-electron chi connectivity index (χ3n) is 2.66. The van der Waals surface area contributed by atoms with Crippen molar-refractivity contribution in [2.75, 3.05) is 13.1 Å². The van der Waals surface area contributed by atoms with Gasteiger partial charge in [0.2, 0.25) is 5.91 Å². The number of halogens is 1. The van der Waals surface area contributed by atoms with Gasteiger partial charge in [-0.3, -0.25) is 4.79 Å². The van der Waals surface area contributed by atoms with Gasteiger partial charge in [-0.05, 0) is 12.5 Å². The zero-order valence-corrected chi connectivity index (χ0v) is 10.8. The minimum atomic E-state index is -0.242. The largest absolute Gasteiger partial charge is 0.355 e. The Bertz CT molecular complexity index is 369. The third kappa shape index (κ3) is 5.77. The highest BCUT2D eigenvalue weighted by Crippen LogP contribution is 2.04. The maximum atomic E-state index is 13.3. The standard InChI is InChI=1S/C14H21FN2O/c1-2-3-6-9-17-14(18)11-16-10-12-7-4-5-8-13(12)15/h4-5,7-8,16H,2-3,6,9-11H2,1H3,(H,17,18). The van der Waals surface area contributed by atoms with E-state index in [0.717, 1.165) is 19.3 Å². The van der Waals surface area contributed by atoms with E-state index in [-0.39, 0.29) is 18.3 Å². The summed E-state index contributed by atoms with van der Waals surface area (Å²) in [6, 6.07) is 6.56. The molecule has 0 aromatic heterocycles. The normalized spacial score (nSPS) is 10.3. The summed E-state index contributed by atoms with van der Waals surface area (Å²) in [7, 11) is 0. The van der Waals surface area contributed by atoms with Crippen molar-refractivity contribution >= 4 is 5.91 Å². The number of carbonyl (C=O) groups excluding carboxylic acids is 1. The smallest absolute Gasteiger partial charge is 0.233 e. The molecular weight excluding hydrogens is 231 g/mol. The molecule has 100 valence electrons. The Labute approximate surface area is 108 Å². The average molecular weight is 252 g/mol. The molecule has 1 aromatic carbocycles. The van der Waals surface area contributed by atoms with Crippen LogP contribution in [0.25, 0.3) is 0 Å². The van der Waals surface area contributed by atoms with Gasteiger partial charge in [0.05, 0.1) is 6.54 Å². The topological polar surface area (TPSA) is 41.1 Å². The van der Waals surface area contributed by atoms with Crippen LogP contribution in [-0.4, -0.2) is 19.0 Å².